The summed E-state index contributed by atoms with van der Waals surface area (Å²) in [6.45, 7) is 2.29. The summed E-state index contributed by atoms with van der Waals surface area (Å²) in [6, 6.07) is 16.7. The van der Waals surface area contributed by atoms with E-state index in [0.717, 1.165) is 29.4 Å². The number of anilines is 1. The maximum absolute atomic E-state index is 13.1. The third-order valence-electron chi connectivity index (χ3n) is 5.44. The fourth-order valence-corrected chi connectivity index (χ4v) is 3.71. The van der Waals surface area contributed by atoms with Gasteiger partial charge >= 0.3 is 0 Å². The van der Waals surface area contributed by atoms with Crippen molar-refractivity contribution in [3.63, 3.8) is 0 Å². The van der Waals surface area contributed by atoms with Crippen molar-refractivity contribution in [2.75, 3.05) is 5.43 Å². The number of aromatic nitrogens is 3. The first-order valence-corrected chi connectivity index (χ1v) is 10.1. The van der Waals surface area contributed by atoms with Crippen molar-refractivity contribution in [2.45, 2.75) is 32.2 Å². The van der Waals surface area contributed by atoms with Crippen LogP contribution in [0.15, 0.2) is 59.4 Å². The number of amides is 1. The van der Waals surface area contributed by atoms with Crippen LogP contribution >= 0.6 is 0 Å². The quantitative estimate of drug-likeness (QED) is 0.501. The zero-order valence-electron chi connectivity index (χ0n) is 16.6. The monoisotopic (exact) mass is 399 g/mol. The smallest absolute Gasteiger partial charge is 0.270 e. The highest BCUT2D eigenvalue weighted by molar-refractivity contribution is 6.06. The second-order valence-corrected chi connectivity index (χ2v) is 7.47. The minimum Gasteiger partial charge on any atom is -0.277 e. The van der Waals surface area contributed by atoms with Crippen LogP contribution in [0.4, 0.5) is 5.95 Å². The molecule has 1 fully saturated rings. The van der Waals surface area contributed by atoms with E-state index < -0.39 is 0 Å². The van der Waals surface area contributed by atoms with Crippen molar-refractivity contribution < 1.29 is 4.79 Å². The first-order chi connectivity index (χ1) is 14.7. The third-order valence-corrected chi connectivity index (χ3v) is 5.44. The molecule has 2 heterocycles. The Bertz CT molecular complexity index is 1340. The van der Waals surface area contributed by atoms with Gasteiger partial charge in [0.2, 0.25) is 5.95 Å². The predicted octanol–water partition coefficient (Wildman–Crippen LogP) is 3.60. The van der Waals surface area contributed by atoms with Gasteiger partial charge in [-0.1, -0.05) is 30.3 Å². The minimum absolute atomic E-state index is 0.148. The fourth-order valence-electron chi connectivity index (χ4n) is 3.71. The van der Waals surface area contributed by atoms with Gasteiger partial charge in [-0.25, -0.2) is 4.98 Å². The maximum Gasteiger partial charge on any atom is 0.270 e. The number of para-hydroxylation sites is 2. The lowest BCUT2D eigenvalue weighted by Crippen LogP contribution is -2.34. The van der Waals surface area contributed by atoms with Gasteiger partial charge in [-0.3, -0.25) is 30.0 Å². The summed E-state index contributed by atoms with van der Waals surface area (Å²) in [4.78, 5) is 35.0. The molecular weight excluding hydrogens is 378 g/mol. The SMILES string of the molecule is CCn1c(NNC(=O)c2cc(C3CC3)nc3ccccc23)nc2ccccc2c1=O. The van der Waals surface area contributed by atoms with Crippen molar-refractivity contribution in [1.82, 2.24) is 20.0 Å². The van der Waals surface area contributed by atoms with Crippen LogP contribution in [0.5, 0.6) is 0 Å². The molecule has 7 heteroatoms. The van der Waals surface area contributed by atoms with Crippen LogP contribution in [0.1, 0.15) is 41.7 Å². The highest BCUT2D eigenvalue weighted by Crippen LogP contribution is 2.40. The summed E-state index contributed by atoms with van der Waals surface area (Å²) < 4.78 is 1.50. The van der Waals surface area contributed by atoms with Crippen molar-refractivity contribution >= 4 is 33.7 Å². The van der Waals surface area contributed by atoms with Gasteiger partial charge in [0.05, 0.1) is 22.0 Å². The van der Waals surface area contributed by atoms with Gasteiger partial charge in [0.1, 0.15) is 0 Å². The lowest BCUT2D eigenvalue weighted by atomic mass is 10.1. The summed E-state index contributed by atoms with van der Waals surface area (Å²) in [5.41, 5.74) is 8.32. The number of nitrogens with zero attached hydrogens (tertiary/aromatic N) is 3. The number of pyridine rings is 1. The number of benzene rings is 2. The van der Waals surface area contributed by atoms with Crippen LogP contribution in [0.2, 0.25) is 0 Å². The highest BCUT2D eigenvalue weighted by atomic mass is 16.2. The molecule has 2 aromatic heterocycles. The van der Waals surface area contributed by atoms with Crippen LogP contribution in [0.3, 0.4) is 0 Å². The highest BCUT2D eigenvalue weighted by Gasteiger charge is 2.27. The largest absolute Gasteiger partial charge is 0.277 e. The number of hydrogen-bond acceptors (Lipinski definition) is 5. The third kappa shape index (κ3) is 3.18. The Hall–Kier alpha value is -3.74. The predicted molar refractivity (Wildman–Crippen MR) is 116 cm³/mol. The molecule has 0 saturated heterocycles. The van der Waals surface area contributed by atoms with Gasteiger partial charge in [-0.2, -0.15) is 0 Å². The van der Waals surface area contributed by atoms with E-state index in [1.54, 1.807) is 12.1 Å². The van der Waals surface area contributed by atoms with Gasteiger partial charge in [0, 0.05) is 23.5 Å². The van der Waals surface area contributed by atoms with Crippen molar-refractivity contribution in [3.8, 4) is 0 Å². The normalized spacial score (nSPS) is 13.5. The van der Waals surface area contributed by atoms with E-state index in [1.807, 2.05) is 49.4 Å². The number of rotatable bonds is 5. The molecule has 0 radical (unpaired) electrons. The van der Waals surface area contributed by atoms with Crippen molar-refractivity contribution in [1.29, 1.82) is 0 Å². The Morgan fingerprint density at radius 2 is 1.70 bits per heavy atom. The van der Waals surface area contributed by atoms with Crippen molar-refractivity contribution in [3.05, 3.63) is 76.2 Å². The molecule has 4 aromatic rings. The van der Waals surface area contributed by atoms with Crippen LogP contribution < -0.4 is 16.4 Å². The molecule has 0 aliphatic heterocycles. The van der Waals surface area contributed by atoms with E-state index in [1.165, 1.54) is 4.57 Å². The Morgan fingerprint density at radius 1 is 1.03 bits per heavy atom. The second-order valence-electron chi connectivity index (χ2n) is 7.47. The molecule has 0 spiro atoms. The molecule has 0 bridgehead atoms. The molecule has 2 aromatic carbocycles. The standard InChI is InChI=1S/C23H21N5O2/c1-2-28-22(30)16-8-4-6-10-19(16)25-23(28)27-26-21(29)17-13-20(14-11-12-14)24-18-9-5-3-7-15(17)18/h3-10,13-14H,2,11-12H2,1H3,(H,25,27)(H,26,29). The topological polar surface area (TPSA) is 88.9 Å². The molecule has 7 nitrogen and oxygen atoms in total. The summed E-state index contributed by atoms with van der Waals surface area (Å²) >= 11 is 0. The van der Waals surface area contributed by atoms with E-state index in [0.29, 0.717) is 34.9 Å². The average Bonchev–Trinajstić information content (AvgIpc) is 3.62. The van der Waals surface area contributed by atoms with E-state index >= 15 is 0 Å². The van der Waals surface area contributed by atoms with E-state index in [4.69, 9.17) is 4.98 Å². The van der Waals surface area contributed by atoms with Crippen LogP contribution in [0, 0.1) is 0 Å². The minimum atomic E-state index is -0.291. The Kier molecular flexibility index (Phi) is 4.43. The molecule has 1 amide bonds. The van der Waals surface area contributed by atoms with Crippen LogP contribution in [0.25, 0.3) is 21.8 Å². The Morgan fingerprint density at radius 3 is 2.40 bits per heavy atom. The average molecular weight is 399 g/mol. The van der Waals surface area contributed by atoms with Crippen LogP contribution in [-0.4, -0.2) is 20.4 Å². The number of fused-ring (bicyclic) bond motifs is 2. The molecule has 0 atom stereocenters. The van der Waals surface area contributed by atoms with Gasteiger partial charge in [-0.15, -0.1) is 0 Å². The molecule has 150 valence electrons. The zero-order valence-corrected chi connectivity index (χ0v) is 16.6. The zero-order chi connectivity index (χ0) is 20.7. The molecule has 1 aliphatic rings. The van der Waals surface area contributed by atoms with Crippen molar-refractivity contribution in [2.24, 2.45) is 0 Å². The first-order valence-electron chi connectivity index (χ1n) is 10.1. The summed E-state index contributed by atoms with van der Waals surface area (Å²) in [6.07, 6.45) is 2.21. The molecular formula is C23H21N5O2. The van der Waals surface area contributed by atoms with Gasteiger partial charge in [0.15, 0.2) is 0 Å². The molecule has 0 unspecified atom stereocenters. The van der Waals surface area contributed by atoms with Gasteiger partial charge < -0.3 is 0 Å². The maximum atomic E-state index is 13.1. The number of nitrogens with one attached hydrogen (secondary N) is 2. The fraction of sp³-hybridized carbons (Fsp3) is 0.217. The van der Waals surface area contributed by atoms with E-state index in [9.17, 15) is 9.59 Å². The lowest BCUT2D eigenvalue weighted by Gasteiger charge is -2.15. The van der Waals surface area contributed by atoms with Crippen LogP contribution in [-0.2, 0) is 6.54 Å². The number of carbonyl (C=O) groups excluding carboxylic acids is 1. The second kappa shape index (κ2) is 7.26. The number of carbonyl (C=O) groups is 1. The summed E-state index contributed by atoms with van der Waals surface area (Å²) in [5.74, 6) is 0.442. The molecule has 30 heavy (non-hydrogen) atoms. The first kappa shape index (κ1) is 18.3. The molecule has 5 rings (SSSR count). The summed E-state index contributed by atoms with van der Waals surface area (Å²) in [7, 11) is 0. The molecule has 1 saturated carbocycles. The lowest BCUT2D eigenvalue weighted by molar-refractivity contribution is 0.0963. The number of hydrazine groups is 1. The molecule has 2 N–H and O–H groups in total. The van der Waals surface area contributed by atoms with E-state index in [2.05, 4.69) is 15.8 Å². The number of hydrogen-bond donors (Lipinski definition) is 2. The van der Waals surface area contributed by atoms with E-state index in [-0.39, 0.29) is 11.5 Å². The van der Waals surface area contributed by atoms with Gasteiger partial charge in [-0.05, 0) is 44.0 Å². The van der Waals surface area contributed by atoms with Gasteiger partial charge in [0.25, 0.3) is 11.5 Å². The molecule has 1 aliphatic carbocycles. The Balaban J connectivity index is 1.49. The Labute approximate surface area is 172 Å². The summed E-state index contributed by atoms with van der Waals surface area (Å²) in [5, 5.41) is 1.34.